The van der Waals surface area contributed by atoms with Crippen molar-refractivity contribution in [1.82, 2.24) is 5.32 Å². The minimum absolute atomic E-state index is 0.0130. The summed E-state index contributed by atoms with van der Waals surface area (Å²) in [6.07, 6.45) is 3.84. The van der Waals surface area contributed by atoms with E-state index in [9.17, 15) is 4.79 Å². The summed E-state index contributed by atoms with van der Waals surface area (Å²) in [7, 11) is 1.62. The number of aryl methyl sites for hydroxylation is 1. The van der Waals surface area contributed by atoms with Crippen LogP contribution in [0.25, 0.3) is 11.0 Å². The maximum absolute atomic E-state index is 12.3. The van der Waals surface area contributed by atoms with E-state index in [0.717, 1.165) is 35.1 Å². The lowest BCUT2D eigenvalue weighted by atomic mass is 10.1. The Balaban J connectivity index is 1.55. The molecule has 130 valence electrons. The number of furan rings is 1. The van der Waals surface area contributed by atoms with Crippen molar-refractivity contribution in [2.45, 2.75) is 32.2 Å². The molecule has 0 saturated heterocycles. The van der Waals surface area contributed by atoms with Gasteiger partial charge in [-0.2, -0.15) is 0 Å². The molecule has 0 aliphatic carbocycles. The predicted molar refractivity (Wildman–Crippen MR) is 98.8 cm³/mol. The van der Waals surface area contributed by atoms with E-state index in [2.05, 4.69) is 17.4 Å². The number of ether oxygens (including phenoxy) is 1. The highest BCUT2D eigenvalue weighted by Gasteiger charge is 2.13. The fraction of sp³-hybridized carbons (Fsp3) is 0.286. The number of benzene rings is 2. The Morgan fingerprint density at radius 1 is 1.20 bits per heavy atom. The molecule has 0 fully saturated rings. The van der Waals surface area contributed by atoms with Crippen LogP contribution in [0.4, 0.5) is 0 Å². The van der Waals surface area contributed by atoms with Crippen LogP contribution in [0.1, 0.15) is 24.5 Å². The third kappa shape index (κ3) is 4.41. The van der Waals surface area contributed by atoms with Crippen molar-refractivity contribution in [2.75, 3.05) is 7.11 Å². The van der Waals surface area contributed by atoms with Gasteiger partial charge in [-0.15, -0.1) is 0 Å². The van der Waals surface area contributed by atoms with E-state index in [0.29, 0.717) is 6.42 Å². The first-order chi connectivity index (χ1) is 12.2. The molecule has 0 aliphatic heterocycles. The summed E-state index contributed by atoms with van der Waals surface area (Å²) >= 11 is 0. The molecular weight excluding hydrogens is 314 g/mol. The van der Waals surface area contributed by atoms with Gasteiger partial charge >= 0.3 is 0 Å². The molecule has 4 heteroatoms. The minimum atomic E-state index is 0.0130. The number of methoxy groups -OCH3 is 1. The van der Waals surface area contributed by atoms with Gasteiger partial charge in [0.05, 0.1) is 19.8 Å². The molecular formula is C21H23NO3. The average molecular weight is 337 g/mol. The van der Waals surface area contributed by atoms with Crippen molar-refractivity contribution in [1.29, 1.82) is 0 Å². The highest BCUT2D eigenvalue weighted by Crippen LogP contribution is 2.25. The first-order valence-electron chi connectivity index (χ1n) is 8.53. The lowest BCUT2D eigenvalue weighted by Crippen LogP contribution is -2.33. The molecule has 0 saturated carbocycles. The van der Waals surface area contributed by atoms with Crippen molar-refractivity contribution in [3.8, 4) is 5.75 Å². The van der Waals surface area contributed by atoms with Crippen LogP contribution in [0.2, 0.25) is 0 Å². The van der Waals surface area contributed by atoms with Gasteiger partial charge in [0.2, 0.25) is 5.91 Å². The van der Waals surface area contributed by atoms with Crippen molar-refractivity contribution in [3.05, 3.63) is 65.9 Å². The minimum Gasteiger partial charge on any atom is -0.497 e. The molecule has 2 aromatic carbocycles. The lowest BCUT2D eigenvalue weighted by molar-refractivity contribution is -0.121. The van der Waals surface area contributed by atoms with E-state index in [1.807, 2.05) is 43.3 Å². The number of nitrogens with one attached hydrogen (secondary N) is 1. The summed E-state index contributed by atoms with van der Waals surface area (Å²) < 4.78 is 10.7. The number of rotatable bonds is 7. The molecule has 4 nitrogen and oxygen atoms in total. The Morgan fingerprint density at radius 2 is 2.00 bits per heavy atom. The quantitative estimate of drug-likeness (QED) is 0.705. The first-order valence-corrected chi connectivity index (χ1v) is 8.53. The second-order valence-electron chi connectivity index (χ2n) is 6.29. The van der Waals surface area contributed by atoms with Gasteiger partial charge in [0.15, 0.2) is 0 Å². The third-order valence-electron chi connectivity index (χ3n) is 4.33. The average Bonchev–Trinajstić information content (AvgIpc) is 3.02. The Kier molecular flexibility index (Phi) is 5.39. The van der Waals surface area contributed by atoms with Crippen molar-refractivity contribution in [2.24, 2.45) is 0 Å². The molecule has 1 unspecified atom stereocenters. The molecule has 1 amide bonds. The summed E-state index contributed by atoms with van der Waals surface area (Å²) in [5, 5.41) is 4.02. The van der Waals surface area contributed by atoms with Gasteiger partial charge in [-0.1, -0.05) is 30.3 Å². The summed E-state index contributed by atoms with van der Waals surface area (Å²) in [4.78, 5) is 12.3. The Labute approximate surface area is 147 Å². The van der Waals surface area contributed by atoms with Crippen LogP contribution in [0.3, 0.4) is 0 Å². The van der Waals surface area contributed by atoms with Gasteiger partial charge in [0.25, 0.3) is 0 Å². The Bertz CT molecular complexity index is 839. The molecule has 3 rings (SSSR count). The van der Waals surface area contributed by atoms with E-state index in [-0.39, 0.29) is 11.9 Å². The smallest absolute Gasteiger partial charge is 0.224 e. The van der Waals surface area contributed by atoms with Crippen LogP contribution < -0.4 is 10.1 Å². The normalized spacial score (nSPS) is 12.1. The maximum Gasteiger partial charge on any atom is 0.224 e. The van der Waals surface area contributed by atoms with Gasteiger partial charge in [-0.3, -0.25) is 4.79 Å². The van der Waals surface area contributed by atoms with E-state index in [4.69, 9.17) is 9.15 Å². The molecule has 1 heterocycles. The number of carbonyl (C=O) groups is 1. The second kappa shape index (κ2) is 7.88. The zero-order valence-electron chi connectivity index (χ0n) is 14.6. The van der Waals surface area contributed by atoms with E-state index in [1.54, 1.807) is 13.4 Å². The van der Waals surface area contributed by atoms with Crippen LogP contribution in [-0.2, 0) is 17.6 Å². The predicted octanol–water partition coefficient (Wildman–Crippen LogP) is 4.12. The van der Waals surface area contributed by atoms with Crippen LogP contribution in [0.5, 0.6) is 5.75 Å². The number of amides is 1. The number of hydrogen-bond donors (Lipinski definition) is 1. The van der Waals surface area contributed by atoms with Crippen molar-refractivity contribution < 1.29 is 13.9 Å². The third-order valence-corrected chi connectivity index (χ3v) is 4.33. The number of carbonyl (C=O) groups excluding carboxylic acids is 1. The lowest BCUT2D eigenvalue weighted by Gasteiger charge is -2.13. The van der Waals surface area contributed by atoms with E-state index >= 15 is 0 Å². The molecule has 1 atom stereocenters. The zero-order chi connectivity index (χ0) is 17.6. The molecule has 0 aliphatic rings. The number of hydrogen-bond acceptors (Lipinski definition) is 3. The van der Waals surface area contributed by atoms with Crippen LogP contribution in [0.15, 0.2) is 59.2 Å². The molecule has 1 aromatic heterocycles. The van der Waals surface area contributed by atoms with Gasteiger partial charge in [-0.05, 0) is 37.5 Å². The van der Waals surface area contributed by atoms with Crippen molar-refractivity contribution in [3.63, 3.8) is 0 Å². The van der Waals surface area contributed by atoms with Gasteiger partial charge in [0.1, 0.15) is 11.3 Å². The summed E-state index contributed by atoms with van der Waals surface area (Å²) in [6.45, 7) is 2.04. The molecule has 0 bridgehead atoms. The zero-order valence-corrected chi connectivity index (χ0v) is 14.6. The monoisotopic (exact) mass is 337 g/mol. The summed E-state index contributed by atoms with van der Waals surface area (Å²) in [5.74, 6) is 0.756. The van der Waals surface area contributed by atoms with E-state index < -0.39 is 0 Å². The van der Waals surface area contributed by atoms with Crippen molar-refractivity contribution >= 4 is 16.9 Å². The molecule has 0 spiro atoms. The fourth-order valence-electron chi connectivity index (χ4n) is 2.93. The standard InChI is InChI=1S/C21H23NO3/c1-15(8-9-16-6-4-3-5-7-16)22-21(23)12-17-14-25-20-13-18(24-2)10-11-19(17)20/h3-7,10-11,13-15H,8-9,12H2,1-2H3,(H,22,23). The van der Waals surface area contributed by atoms with Gasteiger partial charge in [-0.25, -0.2) is 0 Å². The molecule has 25 heavy (non-hydrogen) atoms. The van der Waals surface area contributed by atoms with E-state index in [1.165, 1.54) is 5.56 Å². The summed E-state index contributed by atoms with van der Waals surface area (Å²) in [5.41, 5.74) is 2.92. The van der Waals surface area contributed by atoms with Gasteiger partial charge < -0.3 is 14.5 Å². The Morgan fingerprint density at radius 3 is 2.76 bits per heavy atom. The highest BCUT2D eigenvalue weighted by atomic mass is 16.5. The second-order valence-corrected chi connectivity index (χ2v) is 6.29. The fourth-order valence-corrected chi connectivity index (χ4v) is 2.93. The van der Waals surface area contributed by atoms with Crippen LogP contribution in [0, 0.1) is 0 Å². The topological polar surface area (TPSA) is 51.5 Å². The largest absolute Gasteiger partial charge is 0.497 e. The van der Waals surface area contributed by atoms with Crippen LogP contribution in [-0.4, -0.2) is 19.1 Å². The first kappa shape index (κ1) is 17.1. The number of fused-ring (bicyclic) bond motifs is 1. The SMILES string of the molecule is COc1ccc2c(CC(=O)NC(C)CCc3ccccc3)coc2c1. The molecule has 0 radical (unpaired) electrons. The molecule has 3 aromatic rings. The Hall–Kier alpha value is -2.75. The van der Waals surface area contributed by atoms with Crippen LogP contribution >= 0.6 is 0 Å². The maximum atomic E-state index is 12.3. The molecule has 1 N–H and O–H groups in total. The van der Waals surface area contributed by atoms with Gasteiger partial charge in [0, 0.05) is 23.1 Å². The highest BCUT2D eigenvalue weighted by molar-refractivity contribution is 5.88. The summed E-state index contributed by atoms with van der Waals surface area (Å²) in [6, 6.07) is 16.1.